The largest absolute Gasteiger partial charge is 0.487 e. The molecule has 26 heavy (non-hydrogen) atoms. The van der Waals surface area contributed by atoms with Crippen LogP contribution in [0.3, 0.4) is 0 Å². The van der Waals surface area contributed by atoms with Gasteiger partial charge in [0.25, 0.3) is 5.91 Å². The zero-order valence-corrected chi connectivity index (χ0v) is 16.3. The van der Waals surface area contributed by atoms with Crippen LogP contribution in [0.5, 0.6) is 5.75 Å². The minimum Gasteiger partial charge on any atom is -0.487 e. The molecule has 0 radical (unpaired) electrons. The summed E-state index contributed by atoms with van der Waals surface area (Å²) < 4.78 is 5.80. The van der Waals surface area contributed by atoms with E-state index in [1.54, 1.807) is 29.4 Å². The van der Waals surface area contributed by atoms with Gasteiger partial charge in [-0.25, -0.2) is 4.98 Å². The van der Waals surface area contributed by atoms with Crippen molar-refractivity contribution in [1.29, 1.82) is 0 Å². The van der Waals surface area contributed by atoms with Gasteiger partial charge in [0, 0.05) is 23.7 Å². The van der Waals surface area contributed by atoms with E-state index in [-0.39, 0.29) is 5.91 Å². The van der Waals surface area contributed by atoms with E-state index < -0.39 is 0 Å². The number of hydrogen-bond donors (Lipinski definition) is 0. The second kappa shape index (κ2) is 7.70. The molecule has 0 N–H and O–H groups in total. The quantitative estimate of drug-likeness (QED) is 0.643. The highest BCUT2D eigenvalue weighted by Gasteiger charge is 2.16. The van der Waals surface area contributed by atoms with E-state index in [0.717, 1.165) is 27.5 Å². The molecule has 3 aromatic rings. The van der Waals surface area contributed by atoms with Crippen LogP contribution < -0.4 is 9.64 Å². The Morgan fingerprint density at radius 1 is 1.15 bits per heavy atom. The second-order valence-electron chi connectivity index (χ2n) is 6.33. The molecule has 2 aromatic carbocycles. The Kier molecular flexibility index (Phi) is 5.38. The maximum Gasteiger partial charge on any atom is 0.258 e. The summed E-state index contributed by atoms with van der Waals surface area (Å²) in [7, 11) is 1.80. The third-order valence-corrected chi connectivity index (χ3v) is 4.99. The number of thiazole rings is 1. The molecule has 0 fully saturated rings. The van der Waals surface area contributed by atoms with Crippen LogP contribution in [0, 0.1) is 20.8 Å². The SMILES string of the molecule is Cc1ccc(C)c(N(C)C(=O)c2cccc(OCc3csc(C)n3)c2)c1. The number of ether oxygens (including phenoxy) is 1. The Balaban J connectivity index is 1.76. The Hall–Kier alpha value is -2.66. The number of anilines is 1. The van der Waals surface area contributed by atoms with Gasteiger partial charge in [0.05, 0.1) is 10.7 Å². The molecule has 1 aromatic heterocycles. The van der Waals surface area contributed by atoms with Gasteiger partial charge in [-0.3, -0.25) is 4.79 Å². The molecule has 0 unspecified atom stereocenters. The first kappa shape index (κ1) is 18.1. The van der Waals surface area contributed by atoms with Gasteiger partial charge in [0.1, 0.15) is 12.4 Å². The molecular formula is C21H22N2O2S. The van der Waals surface area contributed by atoms with Gasteiger partial charge in [-0.05, 0) is 56.2 Å². The van der Waals surface area contributed by atoms with Crippen molar-refractivity contribution in [3.63, 3.8) is 0 Å². The number of amides is 1. The predicted molar refractivity (Wildman–Crippen MR) is 106 cm³/mol. The highest BCUT2D eigenvalue weighted by atomic mass is 32.1. The summed E-state index contributed by atoms with van der Waals surface area (Å²) in [6, 6.07) is 13.4. The van der Waals surface area contributed by atoms with E-state index in [2.05, 4.69) is 4.98 Å². The van der Waals surface area contributed by atoms with Crippen molar-refractivity contribution in [2.75, 3.05) is 11.9 Å². The van der Waals surface area contributed by atoms with E-state index >= 15 is 0 Å². The fourth-order valence-corrected chi connectivity index (χ4v) is 3.33. The molecule has 0 aliphatic carbocycles. The number of carbonyl (C=O) groups is 1. The number of benzene rings is 2. The van der Waals surface area contributed by atoms with Crippen LogP contribution in [0.15, 0.2) is 47.8 Å². The molecule has 0 aliphatic rings. The summed E-state index contributed by atoms with van der Waals surface area (Å²) in [6.07, 6.45) is 0. The molecule has 0 saturated heterocycles. The highest BCUT2D eigenvalue weighted by molar-refractivity contribution is 7.09. The minimum absolute atomic E-state index is 0.0614. The molecular weight excluding hydrogens is 344 g/mol. The topological polar surface area (TPSA) is 42.4 Å². The molecule has 0 bridgehead atoms. The number of carbonyl (C=O) groups excluding carboxylic acids is 1. The Labute approximate surface area is 158 Å². The summed E-state index contributed by atoms with van der Waals surface area (Å²) in [5.74, 6) is 0.601. The van der Waals surface area contributed by atoms with E-state index in [0.29, 0.717) is 17.9 Å². The predicted octanol–water partition coefficient (Wildman–Crippen LogP) is 4.92. The summed E-state index contributed by atoms with van der Waals surface area (Å²) in [5.41, 5.74) is 4.61. The van der Waals surface area contributed by atoms with Crippen LogP contribution >= 0.6 is 11.3 Å². The summed E-state index contributed by atoms with van der Waals surface area (Å²) in [4.78, 5) is 19.0. The highest BCUT2D eigenvalue weighted by Crippen LogP contribution is 2.23. The number of hydrogen-bond acceptors (Lipinski definition) is 4. The van der Waals surface area contributed by atoms with E-state index in [1.807, 2.05) is 62.5 Å². The molecule has 0 atom stereocenters. The number of rotatable bonds is 5. The van der Waals surface area contributed by atoms with Crippen molar-refractivity contribution in [2.24, 2.45) is 0 Å². The molecule has 3 rings (SSSR count). The van der Waals surface area contributed by atoms with Gasteiger partial charge in [-0.2, -0.15) is 0 Å². The molecule has 5 heteroatoms. The average molecular weight is 366 g/mol. The van der Waals surface area contributed by atoms with Gasteiger partial charge >= 0.3 is 0 Å². The molecule has 134 valence electrons. The standard InChI is InChI=1S/C21H22N2O2S/c1-14-8-9-15(2)20(10-14)23(4)21(24)17-6-5-7-19(11-17)25-12-18-13-26-16(3)22-18/h5-11,13H,12H2,1-4H3. The van der Waals surface area contributed by atoms with Gasteiger partial charge in [-0.1, -0.05) is 18.2 Å². The molecule has 1 heterocycles. The van der Waals surface area contributed by atoms with Crippen LogP contribution in [0.25, 0.3) is 0 Å². The first-order chi connectivity index (χ1) is 12.4. The normalized spacial score (nSPS) is 10.6. The second-order valence-corrected chi connectivity index (χ2v) is 7.39. The number of nitrogens with zero attached hydrogens (tertiary/aromatic N) is 2. The lowest BCUT2D eigenvalue weighted by Gasteiger charge is -2.20. The summed E-state index contributed by atoms with van der Waals surface area (Å²) in [6.45, 7) is 6.40. The van der Waals surface area contributed by atoms with E-state index in [4.69, 9.17) is 4.74 Å². The maximum absolute atomic E-state index is 12.9. The third-order valence-electron chi connectivity index (χ3n) is 4.16. The maximum atomic E-state index is 12.9. The van der Waals surface area contributed by atoms with Crippen molar-refractivity contribution >= 4 is 22.9 Å². The van der Waals surface area contributed by atoms with Gasteiger partial charge in [-0.15, -0.1) is 11.3 Å². The van der Waals surface area contributed by atoms with Gasteiger partial charge in [0.2, 0.25) is 0 Å². The monoisotopic (exact) mass is 366 g/mol. The fraction of sp³-hybridized carbons (Fsp3) is 0.238. The van der Waals surface area contributed by atoms with Crippen molar-refractivity contribution in [1.82, 2.24) is 4.98 Å². The lowest BCUT2D eigenvalue weighted by atomic mass is 10.1. The van der Waals surface area contributed by atoms with Crippen LogP contribution in [0.1, 0.15) is 32.2 Å². The average Bonchev–Trinajstić information content (AvgIpc) is 3.06. The van der Waals surface area contributed by atoms with E-state index in [1.165, 1.54) is 0 Å². The lowest BCUT2D eigenvalue weighted by Crippen LogP contribution is -2.27. The van der Waals surface area contributed by atoms with E-state index in [9.17, 15) is 4.79 Å². The zero-order valence-electron chi connectivity index (χ0n) is 15.4. The third kappa shape index (κ3) is 4.11. The Bertz CT molecular complexity index is 933. The van der Waals surface area contributed by atoms with Crippen LogP contribution in [-0.4, -0.2) is 17.9 Å². The molecule has 1 amide bonds. The van der Waals surface area contributed by atoms with Crippen molar-refractivity contribution < 1.29 is 9.53 Å². The first-order valence-electron chi connectivity index (χ1n) is 8.43. The van der Waals surface area contributed by atoms with Crippen molar-refractivity contribution in [2.45, 2.75) is 27.4 Å². The van der Waals surface area contributed by atoms with Crippen LogP contribution in [-0.2, 0) is 6.61 Å². The van der Waals surface area contributed by atoms with Crippen molar-refractivity contribution in [3.05, 3.63) is 75.2 Å². The lowest BCUT2D eigenvalue weighted by molar-refractivity contribution is 0.0992. The Morgan fingerprint density at radius 2 is 1.96 bits per heavy atom. The van der Waals surface area contributed by atoms with Gasteiger partial charge in [0.15, 0.2) is 0 Å². The van der Waals surface area contributed by atoms with Gasteiger partial charge < -0.3 is 9.64 Å². The van der Waals surface area contributed by atoms with Crippen LogP contribution in [0.4, 0.5) is 5.69 Å². The zero-order chi connectivity index (χ0) is 18.7. The molecule has 0 saturated carbocycles. The molecule has 0 aliphatic heterocycles. The summed E-state index contributed by atoms with van der Waals surface area (Å²) in [5, 5.41) is 3.00. The molecule has 4 nitrogen and oxygen atoms in total. The minimum atomic E-state index is -0.0614. The number of aromatic nitrogens is 1. The number of aryl methyl sites for hydroxylation is 3. The summed E-state index contributed by atoms with van der Waals surface area (Å²) >= 11 is 1.60. The first-order valence-corrected chi connectivity index (χ1v) is 9.31. The smallest absolute Gasteiger partial charge is 0.258 e. The fourth-order valence-electron chi connectivity index (χ4n) is 2.73. The Morgan fingerprint density at radius 3 is 2.69 bits per heavy atom. The van der Waals surface area contributed by atoms with Crippen molar-refractivity contribution in [3.8, 4) is 5.75 Å². The van der Waals surface area contributed by atoms with Crippen LogP contribution in [0.2, 0.25) is 0 Å². The molecule has 0 spiro atoms.